The summed E-state index contributed by atoms with van der Waals surface area (Å²) in [6, 6.07) is 6.44. The Hall–Kier alpha value is -3.03. The van der Waals surface area contributed by atoms with Gasteiger partial charge in [-0.3, -0.25) is 14.3 Å². The Balaban J connectivity index is 1.58. The molecule has 0 atom stereocenters. The lowest BCUT2D eigenvalue weighted by Crippen LogP contribution is -2.51. The standard InChI is InChI=1S/C21H29N5O3/c1-15-6-7-16(2)18(12-15)25-8-10-26(11-9-25)19(27)14-23(3)21(28)17-13-24(4)22-20(17)29-5/h6-7,12-13H,8-11,14H2,1-5H3. The first-order valence-corrected chi connectivity index (χ1v) is 9.73. The molecule has 1 aliphatic heterocycles. The van der Waals surface area contributed by atoms with Crippen molar-refractivity contribution in [1.82, 2.24) is 19.6 Å². The van der Waals surface area contributed by atoms with Crippen LogP contribution in [0.4, 0.5) is 5.69 Å². The molecular weight excluding hydrogens is 370 g/mol. The van der Waals surface area contributed by atoms with Crippen molar-refractivity contribution < 1.29 is 14.3 Å². The normalized spacial score (nSPS) is 14.1. The number of amides is 2. The summed E-state index contributed by atoms with van der Waals surface area (Å²) in [5.41, 5.74) is 4.05. The highest BCUT2D eigenvalue weighted by molar-refractivity contribution is 5.98. The number of carbonyl (C=O) groups excluding carboxylic acids is 2. The number of likely N-dealkylation sites (N-methyl/N-ethyl adjacent to an activating group) is 1. The minimum atomic E-state index is -0.280. The van der Waals surface area contributed by atoms with Crippen molar-refractivity contribution in [2.24, 2.45) is 7.05 Å². The van der Waals surface area contributed by atoms with Gasteiger partial charge in [0.15, 0.2) is 0 Å². The lowest BCUT2D eigenvalue weighted by molar-refractivity contribution is -0.131. The summed E-state index contributed by atoms with van der Waals surface area (Å²) in [4.78, 5) is 31.0. The van der Waals surface area contributed by atoms with Crippen molar-refractivity contribution >= 4 is 17.5 Å². The van der Waals surface area contributed by atoms with Crippen LogP contribution < -0.4 is 9.64 Å². The molecule has 1 aromatic heterocycles. The molecule has 0 spiro atoms. The molecule has 2 amide bonds. The summed E-state index contributed by atoms with van der Waals surface area (Å²) in [7, 11) is 4.82. The smallest absolute Gasteiger partial charge is 0.261 e. The Morgan fingerprint density at radius 3 is 2.52 bits per heavy atom. The summed E-state index contributed by atoms with van der Waals surface area (Å²) < 4.78 is 6.67. The van der Waals surface area contributed by atoms with Crippen LogP contribution in [0, 0.1) is 13.8 Å². The van der Waals surface area contributed by atoms with Gasteiger partial charge in [0.25, 0.3) is 5.91 Å². The fraction of sp³-hybridized carbons (Fsp3) is 0.476. The van der Waals surface area contributed by atoms with Gasteiger partial charge in [-0.05, 0) is 31.0 Å². The van der Waals surface area contributed by atoms with Crippen LogP contribution in [0.5, 0.6) is 5.88 Å². The second-order valence-corrected chi connectivity index (χ2v) is 7.54. The minimum Gasteiger partial charge on any atom is -0.479 e. The number of rotatable bonds is 5. The van der Waals surface area contributed by atoms with Gasteiger partial charge in [-0.1, -0.05) is 12.1 Å². The molecule has 0 aliphatic carbocycles. The fourth-order valence-corrected chi connectivity index (χ4v) is 3.60. The van der Waals surface area contributed by atoms with Crippen molar-refractivity contribution in [1.29, 1.82) is 0 Å². The molecule has 8 heteroatoms. The first-order chi connectivity index (χ1) is 13.8. The second-order valence-electron chi connectivity index (χ2n) is 7.54. The Morgan fingerprint density at radius 2 is 1.86 bits per heavy atom. The minimum absolute atomic E-state index is 0.0281. The molecule has 0 unspecified atom stereocenters. The van der Waals surface area contributed by atoms with E-state index in [1.54, 1.807) is 20.3 Å². The summed E-state index contributed by atoms with van der Waals surface area (Å²) >= 11 is 0. The van der Waals surface area contributed by atoms with Crippen molar-refractivity contribution in [2.45, 2.75) is 13.8 Å². The van der Waals surface area contributed by atoms with Gasteiger partial charge in [0.05, 0.1) is 13.7 Å². The lowest BCUT2D eigenvalue weighted by atomic mass is 10.1. The number of aromatic nitrogens is 2. The zero-order valence-electron chi connectivity index (χ0n) is 17.8. The van der Waals surface area contributed by atoms with Crippen LogP contribution in [0.1, 0.15) is 21.5 Å². The quantitative estimate of drug-likeness (QED) is 0.761. The molecule has 3 rings (SSSR count). The molecular formula is C21H29N5O3. The molecule has 0 saturated carbocycles. The number of carbonyl (C=O) groups is 2. The maximum atomic E-state index is 12.7. The molecule has 0 radical (unpaired) electrons. The fourth-order valence-electron chi connectivity index (χ4n) is 3.60. The first kappa shape index (κ1) is 20.7. The number of ether oxygens (including phenoxy) is 1. The Labute approximate surface area is 171 Å². The summed E-state index contributed by atoms with van der Waals surface area (Å²) in [6.45, 7) is 7.08. The van der Waals surface area contributed by atoms with Gasteiger partial charge in [-0.15, -0.1) is 5.10 Å². The maximum Gasteiger partial charge on any atom is 0.261 e. The van der Waals surface area contributed by atoms with Crippen molar-refractivity contribution in [2.75, 3.05) is 51.8 Å². The Bertz CT molecular complexity index is 900. The lowest BCUT2D eigenvalue weighted by Gasteiger charge is -2.37. The number of aryl methyl sites for hydroxylation is 3. The monoisotopic (exact) mass is 399 g/mol. The van der Waals surface area contributed by atoms with Gasteiger partial charge in [0.1, 0.15) is 5.56 Å². The molecule has 1 aliphatic rings. The third kappa shape index (κ3) is 4.52. The number of methoxy groups -OCH3 is 1. The van der Waals surface area contributed by atoms with Gasteiger partial charge in [0.2, 0.25) is 11.8 Å². The largest absolute Gasteiger partial charge is 0.479 e. The van der Waals surface area contributed by atoms with E-state index in [-0.39, 0.29) is 24.2 Å². The van der Waals surface area contributed by atoms with E-state index in [0.717, 1.165) is 13.1 Å². The zero-order chi connectivity index (χ0) is 21.1. The molecule has 1 fully saturated rings. The maximum absolute atomic E-state index is 12.7. The van der Waals surface area contributed by atoms with E-state index in [2.05, 4.69) is 42.0 Å². The number of hydrogen-bond donors (Lipinski definition) is 0. The number of hydrogen-bond acceptors (Lipinski definition) is 5. The topological polar surface area (TPSA) is 70.9 Å². The predicted molar refractivity (Wildman–Crippen MR) is 111 cm³/mol. The molecule has 2 aromatic rings. The second kappa shape index (κ2) is 8.55. The zero-order valence-corrected chi connectivity index (χ0v) is 17.8. The third-order valence-corrected chi connectivity index (χ3v) is 5.28. The average Bonchev–Trinajstić information content (AvgIpc) is 3.10. The Kier molecular flexibility index (Phi) is 6.10. The molecule has 0 N–H and O–H groups in total. The van der Waals surface area contributed by atoms with Gasteiger partial charge in [0, 0.05) is 52.2 Å². The van der Waals surface area contributed by atoms with Gasteiger partial charge >= 0.3 is 0 Å². The van der Waals surface area contributed by atoms with Crippen LogP contribution in [0.2, 0.25) is 0 Å². The number of benzene rings is 1. The van der Waals surface area contributed by atoms with E-state index in [1.807, 2.05) is 4.90 Å². The van der Waals surface area contributed by atoms with Gasteiger partial charge < -0.3 is 19.4 Å². The van der Waals surface area contributed by atoms with E-state index in [1.165, 1.54) is 33.5 Å². The van der Waals surface area contributed by atoms with Gasteiger partial charge in [-0.2, -0.15) is 0 Å². The highest BCUT2D eigenvalue weighted by atomic mass is 16.5. The Morgan fingerprint density at radius 1 is 1.17 bits per heavy atom. The molecule has 29 heavy (non-hydrogen) atoms. The highest BCUT2D eigenvalue weighted by Gasteiger charge is 2.26. The van der Waals surface area contributed by atoms with Crippen LogP contribution in [0.25, 0.3) is 0 Å². The number of nitrogens with zero attached hydrogens (tertiary/aromatic N) is 5. The van der Waals surface area contributed by atoms with Crippen LogP contribution >= 0.6 is 0 Å². The van der Waals surface area contributed by atoms with E-state index < -0.39 is 0 Å². The summed E-state index contributed by atoms with van der Waals surface area (Å²) in [5, 5.41) is 4.10. The SMILES string of the molecule is COc1nn(C)cc1C(=O)N(C)CC(=O)N1CCN(c2cc(C)ccc2C)CC1. The van der Waals surface area contributed by atoms with Crippen molar-refractivity contribution in [3.63, 3.8) is 0 Å². The van der Waals surface area contributed by atoms with Crippen LogP contribution in [-0.4, -0.2) is 78.3 Å². The summed E-state index contributed by atoms with van der Waals surface area (Å²) in [5.74, 6) is -0.0689. The molecule has 2 heterocycles. The number of piperazine rings is 1. The van der Waals surface area contributed by atoms with Crippen molar-refractivity contribution in [3.8, 4) is 5.88 Å². The van der Waals surface area contributed by atoms with E-state index in [4.69, 9.17) is 4.74 Å². The van der Waals surface area contributed by atoms with Crippen LogP contribution in [-0.2, 0) is 11.8 Å². The molecule has 1 aromatic carbocycles. The number of anilines is 1. The molecule has 156 valence electrons. The summed E-state index contributed by atoms with van der Waals surface area (Å²) in [6.07, 6.45) is 1.60. The first-order valence-electron chi connectivity index (χ1n) is 9.73. The highest BCUT2D eigenvalue weighted by Crippen LogP contribution is 2.23. The predicted octanol–water partition coefficient (Wildman–Crippen LogP) is 1.47. The average molecular weight is 399 g/mol. The van der Waals surface area contributed by atoms with Crippen LogP contribution in [0.3, 0.4) is 0 Å². The van der Waals surface area contributed by atoms with Gasteiger partial charge in [-0.25, -0.2) is 0 Å². The molecule has 0 bridgehead atoms. The van der Waals surface area contributed by atoms with Crippen LogP contribution in [0.15, 0.2) is 24.4 Å². The van der Waals surface area contributed by atoms with E-state index in [9.17, 15) is 9.59 Å². The third-order valence-electron chi connectivity index (χ3n) is 5.28. The van der Waals surface area contributed by atoms with E-state index in [0.29, 0.717) is 18.7 Å². The molecule has 8 nitrogen and oxygen atoms in total. The van der Waals surface area contributed by atoms with Crippen molar-refractivity contribution in [3.05, 3.63) is 41.1 Å². The van der Waals surface area contributed by atoms with E-state index >= 15 is 0 Å². The molecule has 1 saturated heterocycles.